The molecule has 1 N–H and O–H groups in total. The quantitative estimate of drug-likeness (QED) is 0.536. The number of aromatic amines is 1. The molecule has 2 nitrogen and oxygen atoms in total. The van der Waals surface area contributed by atoms with Crippen molar-refractivity contribution in [2.24, 2.45) is 5.41 Å². The molecule has 1 fully saturated rings. The van der Waals surface area contributed by atoms with Gasteiger partial charge in [0.25, 0.3) is 0 Å². The third-order valence-corrected chi connectivity index (χ3v) is 5.87. The molecule has 0 amide bonds. The predicted octanol–water partition coefficient (Wildman–Crippen LogP) is 5.41. The monoisotopic (exact) mass is 404 g/mol. The zero-order valence-corrected chi connectivity index (χ0v) is 14.5. The summed E-state index contributed by atoms with van der Waals surface area (Å²) in [7, 11) is 0. The lowest BCUT2D eigenvalue weighted by Crippen LogP contribution is -2.22. The molecule has 2 aromatic rings. The van der Waals surface area contributed by atoms with Crippen molar-refractivity contribution in [3.05, 3.63) is 26.3 Å². The molecule has 3 rings (SSSR count). The Morgan fingerprint density at radius 1 is 1.40 bits per heavy atom. The molecule has 1 aromatic carbocycles. The summed E-state index contributed by atoms with van der Waals surface area (Å²) in [6.45, 7) is 3.16. The molecular formula is C15H18FIN2S. The van der Waals surface area contributed by atoms with Crippen LogP contribution in [0, 0.1) is 19.6 Å². The molecule has 0 aliphatic heterocycles. The van der Waals surface area contributed by atoms with E-state index in [1.54, 1.807) is 6.07 Å². The molecule has 108 valence electrons. The minimum atomic E-state index is -0.169. The number of imidazole rings is 1. The molecule has 0 saturated heterocycles. The fourth-order valence-corrected chi connectivity index (χ4v) is 4.13. The number of hydrogen-bond donors (Lipinski definition) is 1. The number of fused-ring (bicyclic) bond motifs is 1. The second kappa shape index (κ2) is 5.40. The number of aromatic nitrogens is 2. The van der Waals surface area contributed by atoms with Gasteiger partial charge in [-0.15, -0.1) is 0 Å². The molecule has 20 heavy (non-hydrogen) atoms. The summed E-state index contributed by atoms with van der Waals surface area (Å²) in [5.41, 5.74) is 2.17. The van der Waals surface area contributed by atoms with Crippen molar-refractivity contribution in [3.63, 3.8) is 0 Å². The summed E-state index contributed by atoms with van der Waals surface area (Å²) >= 11 is 7.47. The van der Waals surface area contributed by atoms with Crippen molar-refractivity contribution in [2.45, 2.75) is 45.6 Å². The Balaban J connectivity index is 2.09. The predicted molar refractivity (Wildman–Crippen MR) is 91.0 cm³/mol. The van der Waals surface area contributed by atoms with Gasteiger partial charge in [0.1, 0.15) is 5.82 Å². The van der Waals surface area contributed by atoms with Crippen LogP contribution in [0.1, 0.15) is 39.0 Å². The molecule has 0 atom stereocenters. The van der Waals surface area contributed by atoms with Crippen molar-refractivity contribution >= 4 is 45.8 Å². The minimum Gasteiger partial charge on any atom is -0.331 e. The fourth-order valence-electron chi connectivity index (χ4n) is 3.39. The first-order valence-electron chi connectivity index (χ1n) is 7.12. The van der Waals surface area contributed by atoms with Crippen LogP contribution in [0.15, 0.2) is 12.1 Å². The number of hydrogen-bond acceptors (Lipinski definition) is 1. The van der Waals surface area contributed by atoms with Gasteiger partial charge in [-0.1, -0.05) is 19.8 Å². The van der Waals surface area contributed by atoms with Gasteiger partial charge in [-0.25, -0.2) is 4.39 Å². The Labute approximate surface area is 136 Å². The van der Waals surface area contributed by atoms with E-state index in [0.29, 0.717) is 13.8 Å². The molecule has 1 aliphatic rings. The molecule has 1 aromatic heterocycles. The Morgan fingerprint density at radius 2 is 2.10 bits per heavy atom. The maximum Gasteiger partial charge on any atom is 0.178 e. The van der Waals surface area contributed by atoms with E-state index in [1.165, 1.54) is 25.7 Å². The Hall–Kier alpha value is -0.430. The van der Waals surface area contributed by atoms with E-state index in [0.717, 1.165) is 24.0 Å². The molecular weight excluding hydrogens is 386 g/mol. The normalized spacial score (nSPS) is 17.9. The lowest BCUT2D eigenvalue weighted by molar-refractivity contribution is 0.239. The minimum absolute atomic E-state index is 0.169. The zero-order valence-electron chi connectivity index (χ0n) is 11.5. The van der Waals surface area contributed by atoms with Crippen LogP contribution in [0.4, 0.5) is 4.39 Å². The van der Waals surface area contributed by atoms with E-state index >= 15 is 0 Å². The lowest BCUT2D eigenvalue weighted by atomic mass is 9.83. The van der Waals surface area contributed by atoms with Gasteiger partial charge >= 0.3 is 0 Å². The van der Waals surface area contributed by atoms with Gasteiger partial charge in [0, 0.05) is 12.6 Å². The van der Waals surface area contributed by atoms with Crippen molar-refractivity contribution in [3.8, 4) is 0 Å². The van der Waals surface area contributed by atoms with Crippen molar-refractivity contribution in [2.75, 3.05) is 0 Å². The Morgan fingerprint density at radius 3 is 2.75 bits per heavy atom. The first kappa shape index (κ1) is 14.5. The van der Waals surface area contributed by atoms with Crippen molar-refractivity contribution < 1.29 is 4.39 Å². The first-order chi connectivity index (χ1) is 9.54. The molecule has 1 aliphatic carbocycles. The highest BCUT2D eigenvalue weighted by Crippen LogP contribution is 2.43. The molecule has 0 unspecified atom stereocenters. The summed E-state index contributed by atoms with van der Waals surface area (Å²) < 4.78 is 17.3. The van der Waals surface area contributed by atoms with Crippen LogP contribution < -0.4 is 0 Å². The second-order valence-corrected chi connectivity index (χ2v) is 7.41. The van der Waals surface area contributed by atoms with Crippen LogP contribution in [0.25, 0.3) is 11.0 Å². The number of benzene rings is 1. The number of rotatable bonds is 3. The molecule has 5 heteroatoms. The van der Waals surface area contributed by atoms with Gasteiger partial charge in [0.2, 0.25) is 0 Å². The van der Waals surface area contributed by atoms with Crippen molar-refractivity contribution in [1.29, 1.82) is 0 Å². The average Bonchev–Trinajstić information content (AvgIpc) is 2.99. The smallest absolute Gasteiger partial charge is 0.178 e. The highest BCUT2D eigenvalue weighted by molar-refractivity contribution is 14.1. The van der Waals surface area contributed by atoms with Gasteiger partial charge < -0.3 is 9.55 Å². The van der Waals surface area contributed by atoms with Crippen LogP contribution in [0.3, 0.4) is 0 Å². The molecule has 1 heterocycles. The van der Waals surface area contributed by atoms with Gasteiger partial charge in [0.15, 0.2) is 4.77 Å². The van der Waals surface area contributed by atoms with E-state index in [1.807, 2.05) is 28.7 Å². The Bertz CT molecular complexity index is 698. The first-order valence-corrected chi connectivity index (χ1v) is 8.61. The van der Waals surface area contributed by atoms with Crippen LogP contribution in [-0.4, -0.2) is 9.55 Å². The van der Waals surface area contributed by atoms with E-state index < -0.39 is 0 Å². The molecule has 1 saturated carbocycles. The van der Waals surface area contributed by atoms with Crippen LogP contribution in [-0.2, 0) is 6.54 Å². The van der Waals surface area contributed by atoms with Gasteiger partial charge in [0.05, 0.1) is 14.6 Å². The number of halogens is 2. The van der Waals surface area contributed by atoms with Crippen LogP contribution >= 0.6 is 34.8 Å². The summed E-state index contributed by atoms with van der Waals surface area (Å²) in [5.74, 6) is -0.169. The number of H-pyrrole nitrogens is 1. The maximum absolute atomic E-state index is 13.9. The van der Waals surface area contributed by atoms with Crippen LogP contribution in [0.5, 0.6) is 0 Å². The van der Waals surface area contributed by atoms with Crippen molar-refractivity contribution in [1.82, 2.24) is 9.55 Å². The fraction of sp³-hybridized carbons (Fsp3) is 0.533. The van der Waals surface area contributed by atoms with Gasteiger partial charge in [-0.05, 0) is 65.6 Å². The van der Waals surface area contributed by atoms with E-state index in [2.05, 4.69) is 16.5 Å². The average molecular weight is 404 g/mol. The highest BCUT2D eigenvalue weighted by atomic mass is 127. The largest absolute Gasteiger partial charge is 0.331 e. The van der Waals surface area contributed by atoms with Gasteiger partial charge in [-0.2, -0.15) is 0 Å². The second-order valence-electron chi connectivity index (χ2n) is 5.86. The number of nitrogens with zero attached hydrogens (tertiary/aromatic N) is 1. The third-order valence-electron chi connectivity index (χ3n) is 4.72. The van der Waals surface area contributed by atoms with E-state index in [4.69, 9.17) is 12.2 Å². The van der Waals surface area contributed by atoms with Gasteiger partial charge in [-0.3, -0.25) is 0 Å². The Kier molecular flexibility index (Phi) is 3.92. The van der Waals surface area contributed by atoms with E-state index in [-0.39, 0.29) is 5.82 Å². The molecule has 0 radical (unpaired) electrons. The number of nitrogens with one attached hydrogen (secondary N) is 1. The SMILES string of the molecule is CCC1(Cn2c(=S)[nH]c3cc(I)c(F)cc32)CCCC1. The zero-order chi connectivity index (χ0) is 14.3. The summed E-state index contributed by atoms with van der Waals surface area (Å²) in [6.07, 6.45) is 6.27. The summed E-state index contributed by atoms with van der Waals surface area (Å²) in [4.78, 5) is 3.22. The third kappa shape index (κ3) is 2.43. The molecule has 0 bridgehead atoms. The summed E-state index contributed by atoms with van der Waals surface area (Å²) in [5, 5.41) is 0. The maximum atomic E-state index is 13.9. The standard InChI is InChI=1S/C15H18FIN2S/c1-2-15(5-3-4-6-15)9-19-13-7-10(16)11(17)8-12(13)18-14(19)20/h7-8H,2-6,9H2,1H3,(H,18,20). The lowest BCUT2D eigenvalue weighted by Gasteiger charge is -2.28. The highest BCUT2D eigenvalue weighted by Gasteiger charge is 2.33. The van der Waals surface area contributed by atoms with E-state index in [9.17, 15) is 4.39 Å². The topological polar surface area (TPSA) is 20.7 Å². The van der Waals surface area contributed by atoms with Crippen LogP contribution in [0.2, 0.25) is 0 Å². The summed E-state index contributed by atoms with van der Waals surface area (Å²) in [6, 6.07) is 3.45. The molecule has 0 spiro atoms.